The molecule has 0 spiro atoms. The number of aliphatic hydroxyl groups is 1. The molecule has 0 bridgehead atoms. The summed E-state index contributed by atoms with van der Waals surface area (Å²) in [6, 6.07) is 10.6. The number of rotatable bonds is 14. The van der Waals surface area contributed by atoms with Gasteiger partial charge in [-0.15, -0.1) is 0 Å². The van der Waals surface area contributed by atoms with E-state index < -0.39 is 42.4 Å². The van der Waals surface area contributed by atoms with Crippen LogP contribution in [0.4, 0.5) is 0 Å². The Morgan fingerprint density at radius 2 is 1.72 bits per heavy atom. The summed E-state index contributed by atoms with van der Waals surface area (Å²) in [5.41, 5.74) is 12.3. The average molecular weight is 521 g/mol. The summed E-state index contributed by atoms with van der Waals surface area (Å²) in [5, 5.41) is 23.0. The molecule has 2 rings (SSSR count). The zero-order valence-electron chi connectivity index (χ0n) is 19.4. The van der Waals surface area contributed by atoms with Crippen LogP contribution in [0.3, 0.4) is 0 Å². The maximum Gasteiger partial charge on any atom is 0.328 e. The number of aliphatic hydroxyl groups excluding tert-OH is 1. The van der Waals surface area contributed by atoms with Gasteiger partial charge in [0.15, 0.2) is 0 Å². The number of primary amides is 1. The van der Waals surface area contributed by atoms with Crippen molar-refractivity contribution >= 4 is 35.3 Å². The first kappa shape index (κ1) is 28.6. The molecular weight excluding hydrogens is 492 g/mol. The first-order chi connectivity index (χ1) is 17.1. The second-order valence-electron chi connectivity index (χ2n) is 8.01. The smallest absolute Gasteiger partial charge is 0.328 e. The summed E-state index contributed by atoms with van der Waals surface area (Å²) in [7, 11) is 0. The molecule has 0 aromatic heterocycles. The van der Waals surface area contributed by atoms with Gasteiger partial charge < -0.3 is 37.1 Å². The molecule has 0 saturated heterocycles. The Kier molecular flexibility index (Phi) is 11.1. The van der Waals surface area contributed by atoms with Crippen molar-refractivity contribution in [1.29, 1.82) is 0 Å². The second-order valence-corrected chi connectivity index (χ2v) is 8.45. The van der Waals surface area contributed by atoms with Gasteiger partial charge in [-0.3, -0.25) is 14.4 Å². The molecule has 0 aliphatic rings. The molecule has 8 N–H and O–H groups in total. The van der Waals surface area contributed by atoms with Crippen LogP contribution in [0, 0.1) is 0 Å². The van der Waals surface area contributed by atoms with E-state index in [2.05, 4.69) is 10.6 Å². The van der Waals surface area contributed by atoms with Crippen molar-refractivity contribution in [3.05, 3.63) is 64.7 Å². The van der Waals surface area contributed by atoms with Gasteiger partial charge in [-0.1, -0.05) is 41.9 Å². The van der Waals surface area contributed by atoms with E-state index in [4.69, 9.17) is 32.9 Å². The minimum Gasteiger partial charge on any atom is -0.491 e. The van der Waals surface area contributed by atoms with Gasteiger partial charge in [-0.05, 0) is 36.6 Å². The van der Waals surface area contributed by atoms with Gasteiger partial charge in [0, 0.05) is 17.5 Å². The second kappa shape index (κ2) is 14.0. The molecule has 194 valence electrons. The number of amides is 3. The Morgan fingerprint density at radius 1 is 1.03 bits per heavy atom. The van der Waals surface area contributed by atoms with E-state index in [-0.39, 0.29) is 41.8 Å². The predicted molar refractivity (Wildman–Crippen MR) is 131 cm³/mol. The molecule has 2 aromatic rings. The summed E-state index contributed by atoms with van der Waals surface area (Å²) < 4.78 is 5.77. The summed E-state index contributed by atoms with van der Waals surface area (Å²) >= 11 is 6.06. The molecule has 12 heteroatoms. The van der Waals surface area contributed by atoms with Crippen molar-refractivity contribution in [2.45, 2.75) is 37.4 Å². The molecule has 2 aromatic carbocycles. The van der Waals surface area contributed by atoms with Crippen LogP contribution in [-0.2, 0) is 20.8 Å². The Hall–Kier alpha value is -3.67. The van der Waals surface area contributed by atoms with Crippen molar-refractivity contribution in [3.8, 4) is 5.75 Å². The summed E-state index contributed by atoms with van der Waals surface area (Å²) in [6.07, 6.45) is 0.0762. The highest BCUT2D eigenvalue weighted by Crippen LogP contribution is 2.23. The Labute approximate surface area is 212 Å². The Bertz CT molecular complexity index is 1070. The van der Waals surface area contributed by atoms with Crippen molar-refractivity contribution in [1.82, 2.24) is 10.6 Å². The fraction of sp³-hybridized carbons (Fsp3) is 0.333. The number of aliphatic carboxylic acids is 1. The first-order valence-electron chi connectivity index (χ1n) is 11.1. The topological polar surface area (TPSA) is 194 Å². The van der Waals surface area contributed by atoms with Crippen LogP contribution in [0.5, 0.6) is 5.75 Å². The molecule has 11 nitrogen and oxygen atoms in total. The normalized spacial score (nSPS) is 13.2. The zero-order valence-corrected chi connectivity index (χ0v) is 20.1. The summed E-state index contributed by atoms with van der Waals surface area (Å²) in [6.45, 7) is -0.785. The van der Waals surface area contributed by atoms with Crippen LogP contribution in [0.1, 0.15) is 28.8 Å². The number of carboxylic acids is 1. The molecule has 0 radical (unpaired) electrons. The highest BCUT2D eigenvalue weighted by molar-refractivity contribution is 6.31. The van der Waals surface area contributed by atoms with E-state index >= 15 is 0 Å². The van der Waals surface area contributed by atoms with E-state index in [9.17, 15) is 24.3 Å². The number of carbonyl (C=O) groups is 4. The molecule has 3 amide bonds. The number of nitrogens with one attached hydrogen (secondary N) is 2. The van der Waals surface area contributed by atoms with Crippen molar-refractivity contribution < 1.29 is 34.1 Å². The molecule has 0 saturated carbocycles. The maximum absolute atomic E-state index is 13.1. The molecular formula is C24H29ClN4O7. The number of carbonyl (C=O) groups excluding carboxylic acids is 3. The maximum atomic E-state index is 13.1. The fourth-order valence-corrected chi connectivity index (χ4v) is 3.40. The number of hydrogen-bond acceptors (Lipinski definition) is 7. The van der Waals surface area contributed by atoms with Gasteiger partial charge in [-0.25, -0.2) is 4.79 Å². The summed E-state index contributed by atoms with van der Waals surface area (Å²) in [4.78, 5) is 48.1. The number of halogens is 1. The van der Waals surface area contributed by atoms with Gasteiger partial charge in [0.1, 0.15) is 24.4 Å². The van der Waals surface area contributed by atoms with Crippen LogP contribution in [0.25, 0.3) is 0 Å². The van der Waals surface area contributed by atoms with E-state index in [0.29, 0.717) is 6.42 Å². The van der Waals surface area contributed by atoms with E-state index in [0.717, 1.165) is 5.56 Å². The fourth-order valence-electron chi connectivity index (χ4n) is 3.23. The van der Waals surface area contributed by atoms with E-state index in [1.54, 1.807) is 0 Å². The SMILES string of the molecule is NC(=O)CC[C@H](NC(=O)c1cc(Cl)ccc1OC[C@H](N)Cc1ccccc1)C(=O)N[C@@H](CO)C(=O)O. The van der Waals surface area contributed by atoms with Crippen LogP contribution < -0.4 is 26.8 Å². The van der Waals surface area contributed by atoms with Crippen molar-refractivity contribution in [2.75, 3.05) is 13.2 Å². The van der Waals surface area contributed by atoms with Gasteiger partial charge in [0.05, 0.1) is 12.2 Å². The molecule has 0 heterocycles. The number of hydrogen-bond donors (Lipinski definition) is 6. The predicted octanol–water partition coefficient (Wildman–Crippen LogP) is 0.214. The largest absolute Gasteiger partial charge is 0.491 e. The van der Waals surface area contributed by atoms with Crippen LogP contribution in [-0.4, -0.2) is 65.2 Å². The van der Waals surface area contributed by atoms with Gasteiger partial charge in [0.2, 0.25) is 11.8 Å². The highest BCUT2D eigenvalue weighted by Gasteiger charge is 2.27. The third-order valence-corrected chi connectivity index (χ3v) is 5.31. The van der Waals surface area contributed by atoms with Crippen molar-refractivity contribution in [3.63, 3.8) is 0 Å². The van der Waals surface area contributed by atoms with Gasteiger partial charge in [-0.2, -0.15) is 0 Å². The van der Waals surface area contributed by atoms with E-state index in [1.165, 1.54) is 18.2 Å². The van der Waals surface area contributed by atoms with Crippen LogP contribution >= 0.6 is 11.6 Å². The molecule has 0 unspecified atom stereocenters. The van der Waals surface area contributed by atoms with Crippen molar-refractivity contribution in [2.24, 2.45) is 11.5 Å². The third kappa shape index (κ3) is 9.17. The molecule has 0 aliphatic heterocycles. The minimum absolute atomic E-state index is 0.00299. The molecule has 0 aliphatic carbocycles. The molecule has 36 heavy (non-hydrogen) atoms. The molecule has 0 fully saturated rings. The monoisotopic (exact) mass is 520 g/mol. The first-order valence-corrected chi connectivity index (χ1v) is 11.4. The zero-order chi connectivity index (χ0) is 26.7. The Balaban J connectivity index is 2.15. The lowest BCUT2D eigenvalue weighted by Gasteiger charge is -2.21. The van der Waals surface area contributed by atoms with Gasteiger partial charge in [0.25, 0.3) is 5.91 Å². The quantitative estimate of drug-likeness (QED) is 0.203. The lowest BCUT2D eigenvalue weighted by atomic mass is 10.1. The number of carboxylic acid groups (broad SMARTS) is 1. The third-order valence-electron chi connectivity index (χ3n) is 5.08. The minimum atomic E-state index is -1.60. The highest BCUT2D eigenvalue weighted by atomic mass is 35.5. The lowest BCUT2D eigenvalue weighted by molar-refractivity contribution is -0.143. The van der Waals surface area contributed by atoms with Crippen LogP contribution in [0.15, 0.2) is 48.5 Å². The van der Waals surface area contributed by atoms with Gasteiger partial charge >= 0.3 is 5.97 Å². The number of nitrogens with two attached hydrogens (primary N) is 2. The number of ether oxygens (including phenoxy) is 1. The summed E-state index contributed by atoms with van der Waals surface area (Å²) in [5.74, 6) is -3.71. The lowest BCUT2D eigenvalue weighted by Crippen LogP contribution is -2.53. The van der Waals surface area contributed by atoms with E-state index in [1.807, 2.05) is 30.3 Å². The number of benzene rings is 2. The van der Waals surface area contributed by atoms with Crippen LogP contribution in [0.2, 0.25) is 5.02 Å². The standard InChI is InChI=1S/C24H29ClN4O7/c25-15-6-8-20(36-13-16(26)10-14-4-2-1-3-5-14)17(11-15)22(32)28-18(7-9-21(27)31)23(33)29-19(12-30)24(34)35/h1-6,8,11,16,18-19,30H,7,9-10,12-13,26H2,(H2,27,31)(H,28,32)(H,29,33)(H,34,35)/t16-,18+,19+/m1/s1. The molecule has 3 atom stereocenters. The Morgan fingerprint density at radius 3 is 2.33 bits per heavy atom. The average Bonchev–Trinajstić information content (AvgIpc) is 2.84.